The van der Waals surface area contributed by atoms with E-state index in [1.165, 1.54) is 12.1 Å². The van der Waals surface area contributed by atoms with Gasteiger partial charge in [0.15, 0.2) is 0 Å². The van der Waals surface area contributed by atoms with Gasteiger partial charge in [0.25, 0.3) is 5.91 Å². The zero-order valence-corrected chi connectivity index (χ0v) is 19.5. The third-order valence-corrected chi connectivity index (χ3v) is 6.49. The number of rotatable bonds is 4. The van der Waals surface area contributed by atoms with E-state index in [1.807, 2.05) is 36.1 Å². The largest absolute Gasteiger partial charge is 0.438 e. The van der Waals surface area contributed by atoms with Crippen LogP contribution in [0.4, 0.5) is 10.3 Å². The predicted molar refractivity (Wildman–Crippen MR) is 128 cm³/mol. The molecule has 1 saturated heterocycles. The van der Waals surface area contributed by atoms with Crippen molar-refractivity contribution in [2.75, 3.05) is 44.7 Å². The molecule has 0 bridgehead atoms. The van der Waals surface area contributed by atoms with Crippen LogP contribution in [0.3, 0.4) is 0 Å². The molecule has 0 unspecified atom stereocenters. The van der Waals surface area contributed by atoms with Crippen LogP contribution < -0.4 is 9.64 Å². The van der Waals surface area contributed by atoms with Crippen LogP contribution in [-0.4, -0.2) is 65.4 Å². The molecule has 5 rings (SSSR count). The first kappa shape index (κ1) is 22.3. The van der Waals surface area contributed by atoms with E-state index in [9.17, 15) is 9.18 Å². The highest BCUT2D eigenvalue weighted by molar-refractivity contribution is 5.95. The summed E-state index contributed by atoms with van der Waals surface area (Å²) >= 11 is 0. The molecule has 2 aliphatic rings. The monoisotopic (exact) mass is 461 g/mol. The van der Waals surface area contributed by atoms with E-state index in [2.05, 4.69) is 16.8 Å². The number of halogens is 1. The molecule has 3 aromatic rings. The summed E-state index contributed by atoms with van der Waals surface area (Å²) in [5.41, 5.74) is 3.34. The molecule has 0 radical (unpaired) electrons. The lowest BCUT2D eigenvalue weighted by molar-refractivity contribution is 0.0731. The number of carbonyl (C=O) groups is 1. The molecule has 8 heteroatoms. The van der Waals surface area contributed by atoms with Crippen molar-refractivity contribution in [2.45, 2.75) is 19.9 Å². The van der Waals surface area contributed by atoms with Crippen LogP contribution >= 0.6 is 0 Å². The number of likely N-dealkylation sites (N-methyl/N-ethyl adjacent to an activating group) is 1. The smallest absolute Gasteiger partial charge is 0.254 e. The Bertz CT molecular complexity index is 1190. The number of ether oxygens (including phenoxy) is 1. The Labute approximate surface area is 198 Å². The number of hydrogen-bond acceptors (Lipinski definition) is 6. The number of hydrogen-bond donors (Lipinski definition) is 0. The van der Waals surface area contributed by atoms with Crippen LogP contribution in [0.5, 0.6) is 11.6 Å². The van der Waals surface area contributed by atoms with Crippen molar-refractivity contribution in [2.24, 2.45) is 0 Å². The second kappa shape index (κ2) is 9.38. The van der Waals surface area contributed by atoms with E-state index < -0.39 is 0 Å². The summed E-state index contributed by atoms with van der Waals surface area (Å²) < 4.78 is 19.6. The number of aryl methyl sites for hydroxylation is 1. The van der Waals surface area contributed by atoms with Crippen molar-refractivity contribution in [3.63, 3.8) is 0 Å². The summed E-state index contributed by atoms with van der Waals surface area (Å²) in [6, 6.07) is 13.5. The highest BCUT2D eigenvalue weighted by Gasteiger charge is 2.29. The van der Waals surface area contributed by atoms with Crippen molar-refractivity contribution >= 4 is 11.9 Å². The van der Waals surface area contributed by atoms with Gasteiger partial charge in [-0.3, -0.25) is 4.79 Å². The zero-order valence-electron chi connectivity index (χ0n) is 19.5. The molecule has 0 atom stereocenters. The summed E-state index contributed by atoms with van der Waals surface area (Å²) in [5.74, 6) is 1.22. The molecule has 2 aliphatic heterocycles. The van der Waals surface area contributed by atoms with Crippen molar-refractivity contribution in [3.8, 4) is 11.6 Å². The molecular formula is C26H28FN5O2. The van der Waals surface area contributed by atoms with Crippen LogP contribution in [0.15, 0.2) is 48.5 Å². The zero-order chi connectivity index (χ0) is 23.7. The second-order valence-electron chi connectivity index (χ2n) is 8.89. The van der Waals surface area contributed by atoms with Gasteiger partial charge in [-0.15, -0.1) is 0 Å². The van der Waals surface area contributed by atoms with Crippen LogP contribution in [0.2, 0.25) is 0 Å². The van der Waals surface area contributed by atoms with Gasteiger partial charge in [0.1, 0.15) is 11.6 Å². The number of nitrogens with zero attached hydrogens (tertiary/aromatic N) is 5. The summed E-state index contributed by atoms with van der Waals surface area (Å²) in [6.07, 6.45) is 0.621. The Morgan fingerprint density at radius 3 is 2.44 bits per heavy atom. The van der Waals surface area contributed by atoms with E-state index in [0.29, 0.717) is 42.7 Å². The molecule has 0 N–H and O–H groups in total. The van der Waals surface area contributed by atoms with Crippen molar-refractivity contribution < 1.29 is 13.9 Å². The maximum atomic E-state index is 13.4. The van der Waals surface area contributed by atoms with Gasteiger partial charge >= 0.3 is 0 Å². The van der Waals surface area contributed by atoms with Crippen LogP contribution in [0, 0.1) is 12.7 Å². The summed E-state index contributed by atoms with van der Waals surface area (Å²) in [5, 5.41) is 0. The molecule has 3 heterocycles. The van der Waals surface area contributed by atoms with Gasteiger partial charge in [0.05, 0.1) is 17.8 Å². The van der Waals surface area contributed by atoms with E-state index in [-0.39, 0.29) is 11.7 Å². The fraction of sp³-hybridized carbons (Fsp3) is 0.346. The number of piperazine rings is 1. The third kappa shape index (κ3) is 4.59. The average Bonchev–Trinajstić information content (AvgIpc) is 2.85. The van der Waals surface area contributed by atoms with Gasteiger partial charge < -0.3 is 19.4 Å². The Balaban J connectivity index is 1.48. The number of benzene rings is 2. The molecule has 34 heavy (non-hydrogen) atoms. The lowest BCUT2D eigenvalue weighted by atomic mass is 10.0. The fourth-order valence-corrected chi connectivity index (χ4v) is 4.37. The lowest BCUT2D eigenvalue weighted by Crippen LogP contribution is -2.45. The number of carbonyl (C=O) groups excluding carboxylic acids is 1. The molecule has 1 aromatic heterocycles. The first-order valence-corrected chi connectivity index (χ1v) is 11.6. The quantitative estimate of drug-likeness (QED) is 0.591. The van der Waals surface area contributed by atoms with E-state index in [1.54, 1.807) is 12.1 Å². The Hall–Kier alpha value is -3.52. The molecule has 0 aliphatic carbocycles. The average molecular weight is 462 g/mol. The van der Waals surface area contributed by atoms with Gasteiger partial charge in [-0.2, -0.15) is 4.98 Å². The lowest BCUT2D eigenvalue weighted by Gasteiger charge is -2.34. The van der Waals surface area contributed by atoms with Crippen LogP contribution in [0.1, 0.15) is 27.2 Å². The van der Waals surface area contributed by atoms with Gasteiger partial charge in [-0.1, -0.05) is 18.2 Å². The van der Waals surface area contributed by atoms with E-state index in [0.717, 1.165) is 43.0 Å². The topological polar surface area (TPSA) is 61.8 Å². The maximum absolute atomic E-state index is 13.4. The molecular weight excluding hydrogens is 433 g/mol. The summed E-state index contributed by atoms with van der Waals surface area (Å²) in [4.78, 5) is 29.2. The second-order valence-corrected chi connectivity index (χ2v) is 8.89. The number of anilines is 1. The Kier molecular flexibility index (Phi) is 6.15. The summed E-state index contributed by atoms with van der Waals surface area (Å²) in [6.45, 7) is 6.43. The van der Waals surface area contributed by atoms with Crippen molar-refractivity contribution in [1.29, 1.82) is 0 Å². The minimum atomic E-state index is -0.329. The minimum absolute atomic E-state index is 0.0142. The molecule has 1 amide bonds. The van der Waals surface area contributed by atoms with Gasteiger partial charge in [-0.05, 0) is 49.9 Å². The van der Waals surface area contributed by atoms with Crippen molar-refractivity contribution in [3.05, 3.63) is 76.7 Å². The maximum Gasteiger partial charge on any atom is 0.254 e. The SMILES string of the molecule is Cc1ccccc1C(=O)N1CCc2nc(N3CCN(C)CC3)nc(Oc3ccc(F)cc3)c2C1. The van der Waals surface area contributed by atoms with Crippen LogP contribution in [-0.2, 0) is 13.0 Å². The summed E-state index contributed by atoms with van der Waals surface area (Å²) in [7, 11) is 2.11. The molecule has 2 aromatic carbocycles. The highest BCUT2D eigenvalue weighted by atomic mass is 19.1. The first-order valence-electron chi connectivity index (χ1n) is 11.6. The standard InChI is InChI=1S/C26H28FN5O2/c1-18-5-3-4-6-21(18)25(33)32-12-11-23-22(17-32)24(34-20-9-7-19(27)8-10-20)29-26(28-23)31-15-13-30(2)14-16-31/h3-10H,11-17H2,1-2H3. The molecule has 1 fully saturated rings. The Morgan fingerprint density at radius 2 is 1.71 bits per heavy atom. The molecule has 7 nitrogen and oxygen atoms in total. The van der Waals surface area contributed by atoms with E-state index >= 15 is 0 Å². The first-order chi connectivity index (χ1) is 16.5. The van der Waals surface area contributed by atoms with Gasteiger partial charge in [-0.25, -0.2) is 9.37 Å². The van der Waals surface area contributed by atoms with Gasteiger partial charge in [0.2, 0.25) is 11.8 Å². The molecule has 176 valence electrons. The van der Waals surface area contributed by atoms with Crippen molar-refractivity contribution in [1.82, 2.24) is 19.8 Å². The minimum Gasteiger partial charge on any atom is -0.438 e. The number of aromatic nitrogens is 2. The fourth-order valence-electron chi connectivity index (χ4n) is 4.37. The highest BCUT2D eigenvalue weighted by Crippen LogP contribution is 2.32. The normalized spacial score (nSPS) is 16.3. The predicted octanol–water partition coefficient (Wildman–Crippen LogP) is 3.67. The van der Waals surface area contributed by atoms with E-state index in [4.69, 9.17) is 14.7 Å². The number of amides is 1. The Morgan fingerprint density at radius 1 is 0.971 bits per heavy atom. The van der Waals surface area contributed by atoms with Gasteiger partial charge in [0, 0.05) is 44.7 Å². The molecule has 0 spiro atoms. The number of fused-ring (bicyclic) bond motifs is 1. The third-order valence-electron chi connectivity index (χ3n) is 6.49. The van der Waals surface area contributed by atoms with Crippen LogP contribution in [0.25, 0.3) is 0 Å². The molecule has 0 saturated carbocycles.